The molecule has 0 aliphatic rings. The van der Waals surface area contributed by atoms with Crippen LogP contribution >= 0.6 is 11.8 Å². The van der Waals surface area contributed by atoms with Gasteiger partial charge in [0.2, 0.25) is 11.8 Å². The van der Waals surface area contributed by atoms with Gasteiger partial charge in [0.15, 0.2) is 6.04 Å². The van der Waals surface area contributed by atoms with Gasteiger partial charge in [-0.15, -0.1) is 0 Å². The van der Waals surface area contributed by atoms with Crippen LogP contribution in [-0.2, 0) is 19.1 Å². The van der Waals surface area contributed by atoms with Gasteiger partial charge in [-0.05, 0) is 0 Å². The molecule has 0 saturated carbocycles. The number of hydrogen-bond acceptors (Lipinski definition) is 7. The van der Waals surface area contributed by atoms with Gasteiger partial charge in [0.05, 0.1) is 19.8 Å². The van der Waals surface area contributed by atoms with E-state index in [1.807, 2.05) is 0 Å². The van der Waals surface area contributed by atoms with Crippen LogP contribution in [0.4, 0.5) is 0 Å². The lowest BCUT2D eigenvalue weighted by Crippen LogP contribution is -2.51. The summed E-state index contributed by atoms with van der Waals surface area (Å²) in [5.41, 5.74) is 5.65. The molecule has 0 aromatic rings. The Kier molecular flexibility index (Phi) is 9.77. The summed E-state index contributed by atoms with van der Waals surface area (Å²) in [4.78, 5) is 33.5. The third-order valence-corrected chi connectivity index (χ3v) is 3.33. The predicted molar refractivity (Wildman–Crippen MR) is 75.0 cm³/mol. The molecule has 2 atom stereocenters. The van der Waals surface area contributed by atoms with Crippen molar-refractivity contribution in [2.75, 3.05) is 31.8 Å². The molecule has 2 unspecified atom stereocenters. The average molecular weight is 307 g/mol. The molecule has 0 aromatic carbocycles. The first-order valence-electron chi connectivity index (χ1n) is 5.99. The fourth-order valence-electron chi connectivity index (χ4n) is 1.19. The molecular weight excluding hydrogens is 286 g/mol. The highest BCUT2D eigenvalue weighted by Crippen LogP contribution is 2.01. The largest absolute Gasteiger partial charge is 0.467 e. The molecule has 0 aliphatic carbocycles. The van der Waals surface area contributed by atoms with Crippen LogP contribution in [0.3, 0.4) is 0 Å². The molecule has 0 saturated heterocycles. The Morgan fingerprint density at radius 3 is 2.55 bits per heavy atom. The summed E-state index contributed by atoms with van der Waals surface area (Å²) in [5.74, 6) is -0.421. The number of ether oxygens (including phenoxy) is 1. The number of carbonyl (C=O) groups excluding carboxylic acids is 3. The van der Waals surface area contributed by atoms with Crippen LogP contribution < -0.4 is 16.4 Å². The maximum Gasteiger partial charge on any atom is 0.330 e. The first-order valence-corrected chi connectivity index (χ1v) is 7.14. The highest BCUT2D eigenvalue weighted by atomic mass is 32.2. The number of methoxy groups -OCH3 is 1. The minimum atomic E-state index is -1.11. The molecule has 0 aliphatic heterocycles. The number of esters is 1. The summed E-state index contributed by atoms with van der Waals surface area (Å²) in [6, 6.07) is -1.92. The maximum atomic E-state index is 11.7. The van der Waals surface area contributed by atoms with Crippen molar-refractivity contribution in [2.45, 2.75) is 19.0 Å². The van der Waals surface area contributed by atoms with E-state index >= 15 is 0 Å². The lowest BCUT2D eigenvalue weighted by atomic mass is 10.2. The molecule has 20 heavy (non-hydrogen) atoms. The van der Waals surface area contributed by atoms with Gasteiger partial charge in [-0.25, -0.2) is 4.79 Å². The molecule has 0 aromatic heterocycles. The van der Waals surface area contributed by atoms with Crippen LogP contribution in [-0.4, -0.2) is 66.7 Å². The number of thioether (sulfide) groups is 1. The lowest BCUT2D eigenvalue weighted by Gasteiger charge is -2.17. The molecule has 0 heterocycles. The molecule has 0 radical (unpaired) electrons. The third-order valence-electron chi connectivity index (χ3n) is 2.24. The van der Waals surface area contributed by atoms with Gasteiger partial charge < -0.3 is 26.2 Å². The van der Waals surface area contributed by atoms with Crippen LogP contribution in [0.2, 0.25) is 0 Å². The van der Waals surface area contributed by atoms with Crippen molar-refractivity contribution in [2.24, 2.45) is 5.73 Å². The van der Waals surface area contributed by atoms with Crippen LogP contribution in [0.5, 0.6) is 0 Å². The summed E-state index contributed by atoms with van der Waals surface area (Å²) in [6.45, 7) is 1.36. The van der Waals surface area contributed by atoms with Gasteiger partial charge >= 0.3 is 5.97 Å². The molecule has 116 valence electrons. The Hall–Kier alpha value is -1.32. The molecule has 0 fully saturated rings. The zero-order chi connectivity index (χ0) is 15.5. The first kappa shape index (κ1) is 18.7. The van der Waals surface area contributed by atoms with Crippen molar-refractivity contribution < 1.29 is 24.2 Å². The summed E-state index contributed by atoms with van der Waals surface area (Å²) in [7, 11) is 1.16. The van der Waals surface area contributed by atoms with E-state index in [1.165, 1.54) is 18.7 Å². The molecule has 0 spiro atoms. The van der Waals surface area contributed by atoms with E-state index < -0.39 is 30.6 Å². The number of aliphatic hydroxyl groups is 1. The lowest BCUT2D eigenvalue weighted by molar-refractivity contribution is -0.146. The normalized spacial score (nSPS) is 13.2. The fourth-order valence-corrected chi connectivity index (χ4v) is 2.00. The zero-order valence-corrected chi connectivity index (χ0v) is 12.4. The van der Waals surface area contributed by atoms with Gasteiger partial charge in [0.1, 0.15) is 0 Å². The minimum Gasteiger partial charge on any atom is -0.467 e. The van der Waals surface area contributed by atoms with Crippen molar-refractivity contribution in [3.8, 4) is 0 Å². The Morgan fingerprint density at radius 2 is 2.05 bits per heavy atom. The molecule has 2 amide bonds. The Morgan fingerprint density at radius 1 is 1.40 bits per heavy atom. The molecule has 5 N–H and O–H groups in total. The van der Waals surface area contributed by atoms with E-state index in [1.54, 1.807) is 0 Å². The van der Waals surface area contributed by atoms with Gasteiger partial charge in [0.25, 0.3) is 0 Å². The number of nitrogens with two attached hydrogens (primary N) is 1. The van der Waals surface area contributed by atoms with E-state index in [4.69, 9.17) is 10.8 Å². The summed E-state index contributed by atoms with van der Waals surface area (Å²) in [5, 5.41) is 13.9. The monoisotopic (exact) mass is 307 g/mol. The SMILES string of the molecule is COC(=O)C(CO)NC(=O)C(N)CSCCNC(C)=O. The van der Waals surface area contributed by atoms with Crippen molar-refractivity contribution in [1.82, 2.24) is 10.6 Å². The highest BCUT2D eigenvalue weighted by Gasteiger charge is 2.23. The number of amides is 2. The van der Waals surface area contributed by atoms with E-state index in [2.05, 4.69) is 15.4 Å². The maximum absolute atomic E-state index is 11.7. The summed E-state index contributed by atoms with van der Waals surface area (Å²) >= 11 is 1.40. The Labute approximate surface area is 121 Å². The van der Waals surface area contributed by atoms with E-state index in [9.17, 15) is 14.4 Å². The standard InChI is InChI=1S/C11H21N3O5S/c1-7(16)13-3-4-20-6-8(12)10(17)14-9(5-15)11(18)19-2/h8-9,15H,3-6,12H2,1-2H3,(H,13,16)(H,14,17). The van der Waals surface area contributed by atoms with Crippen LogP contribution in [0.15, 0.2) is 0 Å². The van der Waals surface area contributed by atoms with E-state index in [-0.39, 0.29) is 5.91 Å². The molecule has 0 bridgehead atoms. The quantitative estimate of drug-likeness (QED) is 0.282. The summed E-state index contributed by atoms with van der Waals surface area (Å²) in [6.07, 6.45) is 0. The van der Waals surface area contributed by atoms with Gasteiger partial charge in [-0.1, -0.05) is 0 Å². The predicted octanol–water partition coefficient (Wildman–Crippen LogP) is -2.17. The van der Waals surface area contributed by atoms with Crippen LogP contribution in [0.25, 0.3) is 0 Å². The van der Waals surface area contributed by atoms with Crippen LogP contribution in [0, 0.1) is 0 Å². The zero-order valence-electron chi connectivity index (χ0n) is 11.5. The summed E-state index contributed by atoms with van der Waals surface area (Å²) < 4.78 is 4.42. The molecule has 0 rings (SSSR count). The number of aliphatic hydroxyl groups excluding tert-OH is 1. The number of carbonyl (C=O) groups is 3. The number of hydrogen-bond donors (Lipinski definition) is 4. The molecule has 8 nitrogen and oxygen atoms in total. The second kappa shape index (κ2) is 10.5. The number of rotatable bonds is 9. The smallest absolute Gasteiger partial charge is 0.330 e. The van der Waals surface area contributed by atoms with E-state index in [0.717, 1.165) is 7.11 Å². The minimum absolute atomic E-state index is 0.114. The Balaban J connectivity index is 3.96. The van der Waals surface area contributed by atoms with Crippen molar-refractivity contribution in [3.63, 3.8) is 0 Å². The van der Waals surface area contributed by atoms with Gasteiger partial charge in [-0.3, -0.25) is 9.59 Å². The average Bonchev–Trinajstić information content (AvgIpc) is 2.42. The highest BCUT2D eigenvalue weighted by molar-refractivity contribution is 7.99. The van der Waals surface area contributed by atoms with Gasteiger partial charge in [0, 0.05) is 25.0 Å². The van der Waals surface area contributed by atoms with Crippen molar-refractivity contribution in [1.29, 1.82) is 0 Å². The third kappa shape index (κ3) is 7.97. The second-order valence-electron chi connectivity index (χ2n) is 3.93. The van der Waals surface area contributed by atoms with E-state index in [0.29, 0.717) is 18.1 Å². The van der Waals surface area contributed by atoms with Crippen molar-refractivity contribution in [3.05, 3.63) is 0 Å². The fraction of sp³-hybridized carbons (Fsp3) is 0.727. The Bertz CT molecular complexity index is 340. The topological polar surface area (TPSA) is 131 Å². The van der Waals surface area contributed by atoms with Crippen LogP contribution in [0.1, 0.15) is 6.92 Å². The van der Waals surface area contributed by atoms with Gasteiger partial charge in [-0.2, -0.15) is 11.8 Å². The first-order chi connectivity index (χ1) is 9.42. The second-order valence-corrected chi connectivity index (χ2v) is 5.08. The number of nitrogens with one attached hydrogen (secondary N) is 2. The molecule has 9 heteroatoms. The van der Waals surface area contributed by atoms with Crippen molar-refractivity contribution >= 4 is 29.5 Å². The molecular formula is C11H21N3O5S.